The molecule has 0 bridgehead atoms. The van der Waals surface area contributed by atoms with Gasteiger partial charge in [-0.25, -0.2) is 4.79 Å². The Hall–Kier alpha value is -1.32. The van der Waals surface area contributed by atoms with Gasteiger partial charge in [-0.1, -0.05) is 13.8 Å². The molecule has 0 saturated heterocycles. The maximum absolute atomic E-state index is 11.8. The van der Waals surface area contributed by atoms with Gasteiger partial charge in [-0.2, -0.15) is 9.78 Å². The number of carbonyl (C=O) groups excluding carboxylic acids is 1. The molecule has 1 aromatic rings. The molecule has 16 heavy (non-hydrogen) atoms. The van der Waals surface area contributed by atoms with E-state index in [1.807, 2.05) is 40.7 Å². The molecule has 0 radical (unpaired) electrons. The Balaban J connectivity index is 2.94. The third-order valence-electron chi connectivity index (χ3n) is 2.12. The van der Waals surface area contributed by atoms with E-state index < -0.39 is 11.7 Å². The zero-order chi connectivity index (χ0) is 12.3. The fourth-order valence-corrected chi connectivity index (χ4v) is 1.36. The van der Waals surface area contributed by atoms with Crippen molar-refractivity contribution in [2.45, 2.75) is 53.1 Å². The zero-order valence-electron chi connectivity index (χ0n) is 10.7. The molecule has 0 aliphatic heterocycles. The number of hydrogen-bond donors (Lipinski definition) is 0. The molecule has 1 rings (SSSR count). The highest BCUT2D eigenvalue weighted by molar-refractivity contribution is 5.70. The van der Waals surface area contributed by atoms with Gasteiger partial charge in [0, 0.05) is 0 Å². The van der Waals surface area contributed by atoms with E-state index >= 15 is 0 Å². The summed E-state index contributed by atoms with van der Waals surface area (Å²) in [5.74, 6) is 0. The van der Waals surface area contributed by atoms with E-state index in [0.717, 1.165) is 24.2 Å². The molecule has 0 unspecified atom stereocenters. The second-order valence-electron chi connectivity index (χ2n) is 4.73. The second-order valence-corrected chi connectivity index (χ2v) is 4.73. The van der Waals surface area contributed by atoms with Crippen LogP contribution in [0.15, 0.2) is 6.07 Å². The van der Waals surface area contributed by atoms with Crippen molar-refractivity contribution >= 4 is 6.09 Å². The van der Waals surface area contributed by atoms with Crippen LogP contribution in [0.1, 0.15) is 46.0 Å². The highest BCUT2D eigenvalue weighted by atomic mass is 16.6. The number of hydrogen-bond acceptors (Lipinski definition) is 3. The first-order valence-electron chi connectivity index (χ1n) is 5.68. The van der Waals surface area contributed by atoms with Crippen molar-refractivity contribution in [1.29, 1.82) is 0 Å². The molecule has 0 aliphatic rings. The third kappa shape index (κ3) is 3.08. The normalized spacial score (nSPS) is 11.6. The van der Waals surface area contributed by atoms with Gasteiger partial charge in [-0.15, -0.1) is 0 Å². The maximum atomic E-state index is 11.8. The molecule has 1 heterocycles. The smallest absolute Gasteiger partial charge is 0.435 e. The van der Waals surface area contributed by atoms with Gasteiger partial charge in [-0.05, 0) is 39.7 Å². The summed E-state index contributed by atoms with van der Waals surface area (Å²) in [6.45, 7) is 9.56. The first-order chi connectivity index (χ1) is 7.37. The molecule has 0 aromatic carbocycles. The van der Waals surface area contributed by atoms with Crippen LogP contribution in [0.3, 0.4) is 0 Å². The summed E-state index contributed by atoms with van der Waals surface area (Å²) in [6, 6.07) is 1.95. The monoisotopic (exact) mass is 224 g/mol. The van der Waals surface area contributed by atoms with Crippen LogP contribution in [0.25, 0.3) is 0 Å². The van der Waals surface area contributed by atoms with Crippen molar-refractivity contribution in [1.82, 2.24) is 9.78 Å². The molecule has 0 aliphatic carbocycles. The first-order valence-corrected chi connectivity index (χ1v) is 5.68. The van der Waals surface area contributed by atoms with Gasteiger partial charge in [0.2, 0.25) is 0 Å². The summed E-state index contributed by atoms with van der Waals surface area (Å²) in [5.41, 5.74) is 1.33. The number of rotatable bonds is 2. The molecule has 0 atom stereocenters. The lowest BCUT2D eigenvalue weighted by molar-refractivity contribution is 0.0509. The molecular weight excluding hydrogens is 204 g/mol. The molecule has 4 nitrogen and oxygen atoms in total. The van der Waals surface area contributed by atoms with Crippen LogP contribution in [0, 0.1) is 0 Å². The SMILES string of the molecule is CCc1cc(CC)n(C(=O)OC(C)(C)C)n1. The second kappa shape index (κ2) is 4.68. The summed E-state index contributed by atoms with van der Waals surface area (Å²) in [6.07, 6.45) is 1.19. The van der Waals surface area contributed by atoms with Crippen molar-refractivity contribution in [3.8, 4) is 0 Å². The maximum Gasteiger partial charge on any atom is 0.435 e. The lowest BCUT2D eigenvalue weighted by atomic mass is 10.2. The Labute approximate surface area is 96.6 Å². The number of carbonyl (C=O) groups is 1. The fraction of sp³-hybridized carbons (Fsp3) is 0.667. The van der Waals surface area contributed by atoms with Crippen LogP contribution in [-0.4, -0.2) is 21.5 Å². The lowest BCUT2D eigenvalue weighted by Gasteiger charge is -2.19. The van der Waals surface area contributed by atoms with Crippen molar-refractivity contribution < 1.29 is 9.53 Å². The molecule has 1 aromatic heterocycles. The third-order valence-corrected chi connectivity index (χ3v) is 2.12. The zero-order valence-corrected chi connectivity index (χ0v) is 10.7. The predicted molar refractivity (Wildman–Crippen MR) is 62.6 cm³/mol. The summed E-state index contributed by atoms with van der Waals surface area (Å²) in [4.78, 5) is 11.8. The van der Waals surface area contributed by atoms with Crippen LogP contribution < -0.4 is 0 Å². The molecule has 4 heteroatoms. The first kappa shape index (κ1) is 12.7. The molecule has 90 valence electrons. The highest BCUT2D eigenvalue weighted by Gasteiger charge is 2.20. The molecule has 0 saturated carbocycles. The van der Waals surface area contributed by atoms with Gasteiger partial charge < -0.3 is 4.74 Å². The van der Waals surface area contributed by atoms with Gasteiger partial charge in [0.1, 0.15) is 5.60 Å². The van der Waals surface area contributed by atoms with Crippen molar-refractivity contribution in [2.24, 2.45) is 0 Å². The summed E-state index contributed by atoms with van der Waals surface area (Å²) >= 11 is 0. The Bertz CT molecular complexity index is 375. The van der Waals surface area contributed by atoms with Gasteiger partial charge in [0.25, 0.3) is 0 Å². The number of nitrogens with zero attached hydrogens (tertiary/aromatic N) is 2. The minimum absolute atomic E-state index is 0.399. The van der Waals surface area contributed by atoms with Gasteiger partial charge >= 0.3 is 6.09 Å². The van der Waals surface area contributed by atoms with Gasteiger partial charge in [0.05, 0.1) is 11.4 Å². The van der Waals surface area contributed by atoms with Crippen LogP contribution in [0.2, 0.25) is 0 Å². The van der Waals surface area contributed by atoms with Crippen molar-refractivity contribution in [3.63, 3.8) is 0 Å². The number of ether oxygens (including phenoxy) is 1. The minimum atomic E-state index is -0.486. The predicted octanol–water partition coefficient (Wildman–Crippen LogP) is 2.79. The van der Waals surface area contributed by atoms with E-state index in [1.54, 1.807) is 0 Å². The van der Waals surface area contributed by atoms with E-state index in [1.165, 1.54) is 4.68 Å². The van der Waals surface area contributed by atoms with E-state index in [9.17, 15) is 4.79 Å². The summed E-state index contributed by atoms with van der Waals surface area (Å²) < 4.78 is 6.65. The van der Waals surface area contributed by atoms with Crippen LogP contribution >= 0.6 is 0 Å². The van der Waals surface area contributed by atoms with E-state index in [2.05, 4.69) is 5.10 Å². The Morgan fingerprint density at radius 2 is 2.00 bits per heavy atom. The lowest BCUT2D eigenvalue weighted by Crippen LogP contribution is -2.28. The van der Waals surface area contributed by atoms with Crippen LogP contribution in [0.4, 0.5) is 4.79 Å². The molecule has 0 N–H and O–H groups in total. The standard InChI is InChI=1S/C12H20N2O2/c1-6-9-8-10(7-2)14(13-9)11(15)16-12(3,4)5/h8H,6-7H2,1-5H3. The molecule has 0 spiro atoms. The topological polar surface area (TPSA) is 44.1 Å². The molecule has 0 amide bonds. The van der Waals surface area contributed by atoms with E-state index in [0.29, 0.717) is 0 Å². The van der Waals surface area contributed by atoms with Gasteiger partial charge in [0.15, 0.2) is 0 Å². The fourth-order valence-electron chi connectivity index (χ4n) is 1.36. The van der Waals surface area contributed by atoms with Crippen LogP contribution in [-0.2, 0) is 17.6 Å². The van der Waals surface area contributed by atoms with Gasteiger partial charge in [-0.3, -0.25) is 0 Å². The largest absolute Gasteiger partial charge is 0.442 e. The highest BCUT2D eigenvalue weighted by Crippen LogP contribution is 2.12. The Morgan fingerprint density at radius 1 is 1.38 bits per heavy atom. The average molecular weight is 224 g/mol. The summed E-state index contributed by atoms with van der Waals surface area (Å²) in [5, 5.41) is 4.23. The Morgan fingerprint density at radius 3 is 2.44 bits per heavy atom. The number of aromatic nitrogens is 2. The molecule has 0 fully saturated rings. The number of aryl methyl sites for hydroxylation is 2. The van der Waals surface area contributed by atoms with E-state index in [-0.39, 0.29) is 0 Å². The van der Waals surface area contributed by atoms with E-state index in [4.69, 9.17) is 4.74 Å². The van der Waals surface area contributed by atoms with Crippen LogP contribution in [0.5, 0.6) is 0 Å². The minimum Gasteiger partial charge on any atom is -0.442 e. The summed E-state index contributed by atoms with van der Waals surface area (Å²) in [7, 11) is 0. The Kier molecular flexibility index (Phi) is 3.73. The quantitative estimate of drug-likeness (QED) is 0.775. The van der Waals surface area contributed by atoms with Crippen molar-refractivity contribution in [3.05, 3.63) is 17.5 Å². The molecular formula is C12H20N2O2. The average Bonchev–Trinajstić information content (AvgIpc) is 2.58. The van der Waals surface area contributed by atoms with Crippen molar-refractivity contribution in [2.75, 3.05) is 0 Å².